The van der Waals surface area contributed by atoms with Gasteiger partial charge < -0.3 is 5.73 Å². The fourth-order valence-electron chi connectivity index (χ4n) is 1.53. The van der Waals surface area contributed by atoms with Crippen molar-refractivity contribution in [3.8, 4) is 0 Å². The van der Waals surface area contributed by atoms with E-state index in [0.29, 0.717) is 5.41 Å². The molecule has 1 unspecified atom stereocenters. The molecule has 2 nitrogen and oxygen atoms in total. The van der Waals surface area contributed by atoms with Crippen molar-refractivity contribution in [1.29, 1.82) is 0 Å². The average molecular weight is 242 g/mol. The van der Waals surface area contributed by atoms with E-state index in [1.165, 1.54) is 17.8 Å². The highest BCUT2D eigenvalue weighted by Gasteiger charge is 2.41. The number of thiazole rings is 1. The quantitative estimate of drug-likeness (QED) is 0.863. The second-order valence-corrected chi connectivity index (χ2v) is 6.37. The van der Waals surface area contributed by atoms with Crippen molar-refractivity contribution in [2.45, 2.75) is 37.6 Å². The van der Waals surface area contributed by atoms with Crippen LogP contribution in [-0.2, 0) is 5.41 Å². The molecule has 4 heteroatoms. The largest absolute Gasteiger partial charge is 0.323 e. The van der Waals surface area contributed by atoms with Gasteiger partial charge in [-0.3, -0.25) is 0 Å². The summed E-state index contributed by atoms with van der Waals surface area (Å²) in [4.78, 5) is 4.68. The average Bonchev–Trinajstić information content (AvgIpc) is 2.82. The summed E-state index contributed by atoms with van der Waals surface area (Å²) in [5.74, 6) is 1.12. The van der Waals surface area contributed by atoms with Crippen LogP contribution in [0.4, 0.5) is 0 Å². The van der Waals surface area contributed by atoms with E-state index < -0.39 is 0 Å². The maximum Gasteiger partial charge on any atom is 0.0988 e. The van der Waals surface area contributed by atoms with Crippen molar-refractivity contribution in [2.75, 3.05) is 12.0 Å². The van der Waals surface area contributed by atoms with E-state index in [1.807, 2.05) is 11.8 Å². The minimum Gasteiger partial charge on any atom is -0.323 e. The molecule has 0 saturated heterocycles. The van der Waals surface area contributed by atoms with Crippen LogP contribution in [0.2, 0.25) is 0 Å². The Balaban J connectivity index is 2.00. The van der Waals surface area contributed by atoms with Gasteiger partial charge in [-0.25, -0.2) is 4.98 Å². The summed E-state index contributed by atoms with van der Waals surface area (Å²) in [6.45, 7) is 2.29. The number of hydrogen-bond acceptors (Lipinski definition) is 4. The molecule has 1 aliphatic rings. The first-order valence-corrected chi connectivity index (χ1v) is 7.63. The molecule has 0 bridgehead atoms. The van der Waals surface area contributed by atoms with E-state index in [2.05, 4.69) is 23.5 Å². The molecule has 0 aromatic carbocycles. The van der Waals surface area contributed by atoms with Crippen LogP contribution in [0.5, 0.6) is 0 Å². The second kappa shape index (κ2) is 4.44. The lowest BCUT2D eigenvalue weighted by molar-refractivity contribution is 0.673. The second-order valence-electron chi connectivity index (χ2n) is 4.53. The third-order valence-corrected chi connectivity index (χ3v) is 4.86. The van der Waals surface area contributed by atoms with E-state index in [-0.39, 0.29) is 6.04 Å². The Labute approximate surface area is 99.7 Å². The number of rotatable bonds is 5. The monoisotopic (exact) mass is 242 g/mol. The van der Waals surface area contributed by atoms with E-state index >= 15 is 0 Å². The van der Waals surface area contributed by atoms with Gasteiger partial charge in [0, 0.05) is 16.8 Å². The highest BCUT2D eigenvalue weighted by atomic mass is 32.2. The summed E-state index contributed by atoms with van der Waals surface area (Å²) in [7, 11) is 0. The number of nitrogens with two attached hydrogens (primary N) is 1. The van der Waals surface area contributed by atoms with Crippen LogP contribution in [0.3, 0.4) is 0 Å². The van der Waals surface area contributed by atoms with Crippen LogP contribution in [0, 0.1) is 0 Å². The normalized spacial score (nSPS) is 20.2. The molecule has 1 aromatic heterocycles. The number of thioether (sulfide) groups is 1. The molecule has 0 aliphatic heterocycles. The first-order valence-electron chi connectivity index (χ1n) is 5.36. The molecule has 2 rings (SSSR count). The summed E-state index contributed by atoms with van der Waals surface area (Å²) in [5, 5.41) is 3.43. The topological polar surface area (TPSA) is 38.9 Å². The first-order chi connectivity index (χ1) is 7.15. The molecular formula is C11H18N2S2. The van der Waals surface area contributed by atoms with Crippen LogP contribution in [0.25, 0.3) is 0 Å². The van der Waals surface area contributed by atoms with Gasteiger partial charge in [0.05, 0.1) is 10.7 Å². The van der Waals surface area contributed by atoms with Crippen molar-refractivity contribution in [3.05, 3.63) is 16.1 Å². The number of aromatic nitrogens is 1. The Kier molecular flexibility index (Phi) is 3.38. The molecule has 84 valence electrons. The Morgan fingerprint density at radius 1 is 1.67 bits per heavy atom. The van der Waals surface area contributed by atoms with Crippen molar-refractivity contribution in [1.82, 2.24) is 4.98 Å². The van der Waals surface area contributed by atoms with Crippen LogP contribution in [0.1, 0.15) is 42.9 Å². The fraction of sp³-hybridized carbons (Fsp3) is 0.727. The van der Waals surface area contributed by atoms with E-state index in [4.69, 9.17) is 5.73 Å². The van der Waals surface area contributed by atoms with Gasteiger partial charge in [0.1, 0.15) is 0 Å². The van der Waals surface area contributed by atoms with Gasteiger partial charge in [0.25, 0.3) is 0 Å². The van der Waals surface area contributed by atoms with Crippen LogP contribution >= 0.6 is 23.1 Å². The predicted octanol–water partition coefficient (Wildman–Crippen LogP) is 2.95. The zero-order valence-corrected chi connectivity index (χ0v) is 11.0. The zero-order valence-electron chi connectivity index (χ0n) is 9.32. The zero-order chi connectivity index (χ0) is 10.9. The minimum absolute atomic E-state index is 0.129. The van der Waals surface area contributed by atoms with Gasteiger partial charge in [-0.2, -0.15) is 11.8 Å². The summed E-state index contributed by atoms with van der Waals surface area (Å²) in [5.41, 5.74) is 7.57. The summed E-state index contributed by atoms with van der Waals surface area (Å²) < 4.78 is 0. The summed E-state index contributed by atoms with van der Waals surface area (Å²) in [6, 6.07) is 0.129. The van der Waals surface area contributed by atoms with Crippen molar-refractivity contribution < 1.29 is 0 Å². The molecular weight excluding hydrogens is 224 g/mol. The SMILES string of the molecule is CSCCC(N)c1csc(C2(C)CC2)n1. The molecule has 1 fully saturated rings. The number of nitrogens with zero attached hydrogens (tertiary/aromatic N) is 1. The fourth-order valence-corrected chi connectivity index (χ4v) is 3.12. The summed E-state index contributed by atoms with van der Waals surface area (Å²) >= 11 is 3.63. The van der Waals surface area contributed by atoms with Gasteiger partial charge in [-0.15, -0.1) is 11.3 Å². The van der Waals surface area contributed by atoms with E-state index in [1.54, 1.807) is 11.3 Å². The molecule has 1 saturated carbocycles. The Morgan fingerprint density at radius 3 is 3.00 bits per heavy atom. The van der Waals surface area contributed by atoms with Gasteiger partial charge in [-0.1, -0.05) is 6.92 Å². The predicted molar refractivity (Wildman–Crippen MR) is 68.6 cm³/mol. The molecule has 1 aliphatic carbocycles. The molecule has 0 radical (unpaired) electrons. The smallest absolute Gasteiger partial charge is 0.0988 e. The van der Waals surface area contributed by atoms with Crippen LogP contribution < -0.4 is 5.73 Å². The van der Waals surface area contributed by atoms with Crippen molar-refractivity contribution in [3.63, 3.8) is 0 Å². The Bertz CT molecular complexity index is 331. The van der Waals surface area contributed by atoms with Crippen LogP contribution in [0.15, 0.2) is 5.38 Å². The highest BCUT2D eigenvalue weighted by Crippen LogP contribution is 2.48. The Hall–Kier alpha value is -0.0600. The third-order valence-electron chi connectivity index (χ3n) is 3.05. The van der Waals surface area contributed by atoms with Crippen LogP contribution in [-0.4, -0.2) is 17.0 Å². The lowest BCUT2D eigenvalue weighted by Gasteiger charge is -2.07. The maximum atomic E-state index is 6.09. The van der Waals surface area contributed by atoms with Gasteiger partial charge in [-0.05, 0) is 31.3 Å². The first kappa shape index (κ1) is 11.4. The Morgan fingerprint density at radius 2 is 2.40 bits per heavy atom. The summed E-state index contributed by atoms with van der Waals surface area (Å²) in [6.07, 6.45) is 5.73. The van der Waals surface area contributed by atoms with E-state index in [9.17, 15) is 0 Å². The molecule has 2 N–H and O–H groups in total. The van der Waals surface area contributed by atoms with Gasteiger partial charge >= 0.3 is 0 Å². The molecule has 1 aromatic rings. The molecule has 0 amide bonds. The molecule has 1 heterocycles. The van der Waals surface area contributed by atoms with Gasteiger partial charge in [0.15, 0.2) is 0 Å². The van der Waals surface area contributed by atoms with Crippen molar-refractivity contribution in [2.24, 2.45) is 5.73 Å². The van der Waals surface area contributed by atoms with Gasteiger partial charge in [0.2, 0.25) is 0 Å². The lowest BCUT2D eigenvalue weighted by atomic mass is 10.1. The third kappa shape index (κ3) is 2.55. The standard InChI is InChI=1S/C11H18N2S2/c1-11(4-5-11)10-13-9(7-15-10)8(12)3-6-14-2/h7-8H,3-6,12H2,1-2H3. The molecule has 15 heavy (non-hydrogen) atoms. The minimum atomic E-state index is 0.129. The van der Waals surface area contributed by atoms with Crippen molar-refractivity contribution >= 4 is 23.1 Å². The molecule has 0 spiro atoms. The van der Waals surface area contributed by atoms with E-state index in [0.717, 1.165) is 17.9 Å². The lowest BCUT2D eigenvalue weighted by Crippen LogP contribution is -2.12. The maximum absolute atomic E-state index is 6.09. The number of hydrogen-bond donors (Lipinski definition) is 1. The highest BCUT2D eigenvalue weighted by molar-refractivity contribution is 7.98. The molecule has 1 atom stereocenters.